The third-order valence-electron chi connectivity index (χ3n) is 5.63. The zero-order chi connectivity index (χ0) is 20.3. The maximum Gasteiger partial charge on any atom is 0.253 e. The minimum absolute atomic E-state index is 0.0436. The summed E-state index contributed by atoms with van der Waals surface area (Å²) >= 11 is 0. The van der Waals surface area contributed by atoms with E-state index in [1.165, 1.54) is 24.3 Å². The topological polar surface area (TPSA) is 64.2 Å². The van der Waals surface area contributed by atoms with Crippen LogP contribution < -0.4 is 0 Å². The van der Waals surface area contributed by atoms with Crippen LogP contribution in [0.1, 0.15) is 24.2 Å². The smallest absolute Gasteiger partial charge is 0.253 e. The number of carbonyl (C=O) groups is 3. The fourth-order valence-electron chi connectivity index (χ4n) is 3.75. The molecule has 1 atom stereocenters. The standard InChI is InChI=1S/C20H27FN4O3/c1-15(19(27)24-13-9-23(10-14-24)16(2)26)22-7-11-25(12-8-22)20(28)17-3-5-18(21)6-4-17/h3-6,15H,7-14H2,1-2H3. The molecule has 0 bridgehead atoms. The quantitative estimate of drug-likeness (QED) is 0.761. The van der Waals surface area contributed by atoms with Gasteiger partial charge in [-0.1, -0.05) is 0 Å². The summed E-state index contributed by atoms with van der Waals surface area (Å²) in [4.78, 5) is 44.2. The Labute approximate surface area is 164 Å². The van der Waals surface area contributed by atoms with Crippen molar-refractivity contribution in [3.63, 3.8) is 0 Å². The van der Waals surface area contributed by atoms with Gasteiger partial charge in [-0.3, -0.25) is 19.3 Å². The second-order valence-corrected chi connectivity index (χ2v) is 7.34. The number of hydrogen-bond donors (Lipinski definition) is 0. The van der Waals surface area contributed by atoms with Crippen LogP contribution in [0.5, 0.6) is 0 Å². The average Bonchev–Trinajstić information content (AvgIpc) is 2.73. The van der Waals surface area contributed by atoms with Crippen molar-refractivity contribution in [1.29, 1.82) is 0 Å². The van der Waals surface area contributed by atoms with E-state index in [2.05, 4.69) is 4.90 Å². The normalized spacial score (nSPS) is 19.5. The molecule has 8 heteroatoms. The van der Waals surface area contributed by atoms with Crippen LogP contribution in [-0.4, -0.2) is 95.7 Å². The highest BCUT2D eigenvalue weighted by Gasteiger charge is 2.31. The van der Waals surface area contributed by atoms with Crippen LogP contribution in [-0.2, 0) is 9.59 Å². The Hall–Kier alpha value is -2.48. The van der Waals surface area contributed by atoms with Crippen LogP contribution in [0.3, 0.4) is 0 Å². The summed E-state index contributed by atoms with van der Waals surface area (Å²) in [6.45, 7) is 8.03. The van der Waals surface area contributed by atoms with Crippen LogP contribution in [0.15, 0.2) is 24.3 Å². The fourth-order valence-corrected chi connectivity index (χ4v) is 3.75. The summed E-state index contributed by atoms with van der Waals surface area (Å²) in [6.07, 6.45) is 0. The number of amides is 3. The van der Waals surface area contributed by atoms with Crippen molar-refractivity contribution in [3.8, 4) is 0 Å². The molecule has 1 aromatic carbocycles. The lowest BCUT2D eigenvalue weighted by atomic mass is 10.1. The maximum atomic E-state index is 13.0. The van der Waals surface area contributed by atoms with Crippen molar-refractivity contribution in [2.24, 2.45) is 0 Å². The van der Waals surface area contributed by atoms with E-state index in [1.54, 1.807) is 16.7 Å². The molecule has 7 nitrogen and oxygen atoms in total. The van der Waals surface area contributed by atoms with Gasteiger partial charge in [-0.25, -0.2) is 4.39 Å². The Morgan fingerprint density at radius 2 is 1.32 bits per heavy atom. The molecule has 28 heavy (non-hydrogen) atoms. The second-order valence-electron chi connectivity index (χ2n) is 7.34. The zero-order valence-corrected chi connectivity index (χ0v) is 16.4. The Balaban J connectivity index is 1.50. The largest absolute Gasteiger partial charge is 0.339 e. The first-order valence-corrected chi connectivity index (χ1v) is 9.70. The summed E-state index contributed by atoms with van der Waals surface area (Å²) in [6, 6.07) is 5.31. The molecule has 2 aliphatic rings. The van der Waals surface area contributed by atoms with Gasteiger partial charge in [0.1, 0.15) is 5.82 Å². The van der Waals surface area contributed by atoms with Crippen LogP contribution >= 0.6 is 0 Å². The zero-order valence-electron chi connectivity index (χ0n) is 16.4. The van der Waals surface area contributed by atoms with Crippen molar-refractivity contribution in [2.45, 2.75) is 19.9 Å². The van der Waals surface area contributed by atoms with Crippen molar-refractivity contribution in [3.05, 3.63) is 35.6 Å². The Morgan fingerprint density at radius 3 is 1.86 bits per heavy atom. The molecular formula is C20H27FN4O3. The van der Waals surface area contributed by atoms with Gasteiger partial charge < -0.3 is 14.7 Å². The van der Waals surface area contributed by atoms with E-state index in [9.17, 15) is 18.8 Å². The summed E-state index contributed by atoms with van der Waals surface area (Å²) in [5.74, 6) is -0.361. The van der Waals surface area contributed by atoms with E-state index >= 15 is 0 Å². The van der Waals surface area contributed by atoms with Gasteiger partial charge in [0, 0.05) is 64.8 Å². The van der Waals surface area contributed by atoms with Crippen LogP contribution in [0.2, 0.25) is 0 Å². The lowest BCUT2D eigenvalue weighted by Crippen LogP contribution is -2.58. The minimum Gasteiger partial charge on any atom is -0.339 e. The molecule has 0 aliphatic carbocycles. The van der Waals surface area contributed by atoms with Crippen LogP contribution in [0.4, 0.5) is 4.39 Å². The average molecular weight is 390 g/mol. The molecule has 1 unspecified atom stereocenters. The molecule has 0 spiro atoms. The molecule has 3 rings (SSSR count). The van der Waals surface area contributed by atoms with Gasteiger partial charge in [0.15, 0.2) is 0 Å². The van der Waals surface area contributed by atoms with Gasteiger partial charge in [-0.15, -0.1) is 0 Å². The number of halogens is 1. The van der Waals surface area contributed by atoms with Crippen LogP contribution in [0, 0.1) is 5.82 Å². The highest BCUT2D eigenvalue weighted by atomic mass is 19.1. The summed E-state index contributed by atoms with van der Waals surface area (Å²) in [7, 11) is 0. The molecule has 0 radical (unpaired) electrons. The number of rotatable bonds is 3. The van der Waals surface area contributed by atoms with Crippen molar-refractivity contribution >= 4 is 17.7 Å². The third kappa shape index (κ3) is 4.49. The molecule has 0 saturated carbocycles. The SMILES string of the molecule is CC(=O)N1CCN(C(=O)C(C)N2CCN(C(=O)c3ccc(F)cc3)CC2)CC1. The van der Waals surface area contributed by atoms with Crippen LogP contribution in [0.25, 0.3) is 0 Å². The molecular weight excluding hydrogens is 363 g/mol. The van der Waals surface area contributed by atoms with E-state index in [1.807, 2.05) is 11.8 Å². The summed E-state index contributed by atoms with van der Waals surface area (Å²) in [5.41, 5.74) is 0.474. The third-order valence-corrected chi connectivity index (χ3v) is 5.63. The maximum absolute atomic E-state index is 13.0. The number of nitrogens with zero attached hydrogens (tertiary/aromatic N) is 4. The predicted octanol–water partition coefficient (Wildman–Crippen LogP) is 0.663. The van der Waals surface area contributed by atoms with Crippen molar-refractivity contribution in [1.82, 2.24) is 19.6 Å². The second kappa shape index (κ2) is 8.68. The molecule has 0 N–H and O–H groups in total. The van der Waals surface area contributed by atoms with Gasteiger partial charge in [0.2, 0.25) is 11.8 Å². The van der Waals surface area contributed by atoms with Gasteiger partial charge in [0.25, 0.3) is 5.91 Å². The molecule has 2 fully saturated rings. The van der Waals surface area contributed by atoms with E-state index < -0.39 is 0 Å². The molecule has 1 aromatic rings. The molecule has 3 amide bonds. The molecule has 2 saturated heterocycles. The molecule has 2 aliphatic heterocycles. The Morgan fingerprint density at radius 1 is 0.821 bits per heavy atom. The molecule has 0 aromatic heterocycles. The first kappa shape index (κ1) is 20.3. The monoisotopic (exact) mass is 390 g/mol. The summed E-state index contributed by atoms with van der Waals surface area (Å²) in [5, 5.41) is 0. The number of hydrogen-bond acceptors (Lipinski definition) is 4. The van der Waals surface area contributed by atoms with E-state index in [0.717, 1.165) is 0 Å². The highest BCUT2D eigenvalue weighted by molar-refractivity contribution is 5.94. The lowest BCUT2D eigenvalue weighted by molar-refractivity contribution is -0.142. The van der Waals surface area contributed by atoms with E-state index in [4.69, 9.17) is 0 Å². The predicted molar refractivity (Wildman–Crippen MR) is 102 cm³/mol. The Bertz CT molecular complexity index is 723. The summed E-state index contributed by atoms with van der Waals surface area (Å²) < 4.78 is 13.0. The lowest BCUT2D eigenvalue weighted by Gasteiger charge is -2.41. The Kier molecular flexibility index (Phi) is 6.28. The molecule has 2 heterocycles. The van der Waals surface area contributed by atoms with E-state index in [-0.39, 0.29) is 29.6 Å². The molecule has 152 valence electrons. The number of benzene rings is 1. The van der Waals surface area contributed by atoms with E-state index in [0.29, 0.717) is 57.9 Å². The van der Waals surface area contributed by atoms with Crippen molar-refractivity contribution in [2.75, 3.05) is 52.4 Å². The number of piperazine rings is 2. The van der Waals surface area contributed by atoms with Gasteiger partial charge in [-0.2, -0.15) is 0 Å². The number of carbonyl (C=O) groups excluding carboxylic acids is 3. The minimum atomic E-state index is -0.363. The van der Waals surface area contributed by atoms with Gasteiger partial charge in [0.05, 0.1) is 6.04 Å². The van der Waals surface area contributed by atoms with Gasteiger partial charge >= 0.3 is 0 Å². The highest BCUT2D eigenvalue weighted by Crippen LogP contribution is 2.14. The fraction of sp³-hybridized carbons (Fsp3) is 0.550. The van der Waals surface area contributed by atoms with Gasteiger partial charge in [-0.05, 0) is 31.2 Å². The van der Waals surface area contributed by atoms with Crippen molar-refractivity contribution < 1.29 is 18.8 Å². The first-order chi connectivity index (χ1) is 13.4. The first-order valence-electron chi connectivity index (χ1n) is 9.70.